The van der Waals surface area contributed by atoms with Gasteiger partial charge in [-0.05, 0) is 31.5 Å². The Morgan fingerprint density at radius 3 is 2.55 bits per heavy atom. The summed E-state index contributed by atoms with van der Waals surface area (Å²) in [5, 5.41) is 17.3. The number of carbonyl (C=O) groups excluding carboxylic acids is 2. The van der Waals surface area contributed by atoms with Gasteiger partial charge in [0.1, 0.15) is 5.56 Å². The third-order valence-electron chi connectivity index (χ3n) is 4.94. The number of aryl methyl sites for hydroxylation is 1. The quantitative estimate of drug-likeness (QED) is 0.540. The molecule has 0 atom stereocenters. The topological polar surface area (TPSA) is 103 Å². The van der Waals surface area contributed by atoms with Crippen LogP contribution in [0.3, 0.4) is 0 Å². The normalized spacial score (nSPS) is 10.5. The lowest BCUT2D eigenvalue weighted by molar-refractivity contribution is -0.124. The molecule has 8 nitrogen and oxygen atoms in total. The average molecular weight is 423 g/mol. The van der Waals surface area contributed by atoms with Crippen molar-refractivity contribution in [1.82, 2.24) is 15.1 Å². The monoisotopic (exact) mass is 423 g/mol. The third kappa shape index (κ3) is 5.22. The van der Waals surface area contributed by atoms with Gasteiger partial charge in [0.15, 0.2) is 18.1 Å². The number of phenols is 1. The van der Waals surface area contributed by atoms with E-state index in [1.54, 1.807) is 6.07 Å². The van der Waals surface area contributed by atoms with Gasteiger partial charge in [-0.25, -0.2) is 4.79 Å². The molecule has 2 aromatic carbocycles. The molecule has 2 N–H and O–H groups in total. The van der Waals surface area contributed by atoms with E-state index >= 15 is 0 Å². The van der Waals surface area contributed by atoms with E-state index in [4.69, 9.17) is 9.47 Å². The Labute approximate surface area is 180 Å². The molecule has 162 valence electrons. The van der Waals surface area contributed by atoms with Crippen LogP contribution < -0.4 is 10.1 Å². The van der Waals surface area contributed by atoms with Crippen molar-refractivity contribution in [2.75, 3.05) is 13.7 Å². The van der Waals surface area contributed by atoms with E-state index in [9.17, 15) is 14.7 Å². The minimum atomic E-state index is -0.811. The molecule has 1 heterocycles. The Balaban J connectivity index is 1.56. The molecule has 1 aromatic heterocycles. The van der Waals surface area contributed by atoms with E-state index in [0.29, 0.717) is 6.54 Å². The highest BCUT2D eigenvalue weighted by molar-refractivity contribution is 5.94. The number of benzene rings is 2. The van der Waals surface area contributed by atoms with Gasteiger partial charge < -0.3 is 19.9 Å². The van der Waals surface area contributed by atoms with Crippen molar-refractivity contribution in [3.05, 3.63) is 76.6 Å². The lowest BCUT2D eigenvalue weighted by Crippen LogP contribution is -2.28. The predicted octanol–water partition coefficient (Wildman–Crippen LogP) is 2.74. The first kappa shape index (κ1) is 21.9. The number of methoxy groups -OCH3 is 1. The van der Waals surface area contributed by atoms with Gasteiger partial charge in [0.25, 0.3) is 5.91 Å². The van der Waals surface area contributed by atoms with Crippen LogP contribution in [0, 0.1) is 13.8 Å². The Morgan fingerprint density at radius 1 is 1.10 bits per heavy atom. The Kier molecular flexibility index (Phi) is 6.92. The van der Waals surface area contributed by atoms with E-state index < -0.39 is 18.5 Å². The lowest BCUT2D eigenvalue weighted by atomic mass is 10.2. The molecule has 0 saturated heterocycles. The number of aromatic nitrogens is 2. The second kappa shape index (κ2) is 9.80. The number of hydrogen-bond acceptors (Lipinski definition) is 6. The first-order valence-corrected chi connectivity index (χ1v) is 9.77. The number of rotatable bonds is 8. The maximum absolute atomic E-state index is 12.2. The summed E-state index contributed by atoms with van der Waals surface area (Å²) in [6.45, 7) is 4.29. The first-order chi connectivity index (χ1) is 14.9. The number of ether oxygens (including phenoxy) is 2. The number of hydrogen-bond donors (Lipinski definition) is 2. The highest BCUT2D eigenvalue weighted by Crippen LogP contribution is 2.29. The van der Waals surface area contributed by atoms with Crippen LogP contribution >= 0.6 is 0 Å². The maximum Gasteiger partial charge on any atom is 0.342 e. The summed E-state index contributed by atoms with van der Waals surface area (Å²) in [6, 6.07) is 14.5. The molecule has 0 spiro atoms. The smallest absolute Gasteiger partial charge is 0.342 e. The van der Waals surface area contributed by atoms with Crippen LogP contribution in [0.2, 0.25) is 0 Å². The first-order valence-electron chi connectivity index (χ1n) is 9.77. The molecule has 0 aliphatic carbocycles. The fourth-order valence-corrected chi connectivity index (χ4v) is 3.20. The maximum atomic E-state index is 12.2. The Hall–Kier alpha value is -3.81. The van der Waals surface area contributed by atoms with Gasteiger partial charge in [0, 0.05) is 17.8 Å². The summed E-state index contributed by atoms with van der Waals surface area (Å²) in [7, 11) is 1.38. The lowest BCUT2D eigenvalue weighted by Gasteiger charge is -2.10. The molecule has 31 heavy (non-hydrogen) atoms. The predicted molar refractivity (Wildman–Crippen MR) is 114 cm³/mol. The standard InChI is InChI=1S/C23H25N3O5/c1-15-19(16(2)26(25-15)13-17-8-5-4-6-9-17)12-24-21(27)14-31-23(29)18-10-7-11-20(30-3)22(18)28/h4-11,28H,12-14H2,1-3H3,(H,24,27). The second-order valence-electron chi connectivity index (χ2n) is 7.00. The van der Waals surface area contributed by atoms with Gasteiger partial charge in [0.2, 0.25) is 0 Å². The molecule has 0 saturated carbocycles. The number of para-hydroxylation sites is 1. The van der Waals surface area contributed by atoms with Crippen molar-refractivity contribution >= 4 is 11.9 Å². The van der Waals surface area contributed by atoms with E-state index in [1.165, 1.54) is 19.2 Å². The number of nitrogens with one attached hydrogen (secondary N) is 1. The van der Waals surface area contributed by atoms with Gasteiger partial charge in [-0.15, -0.1) is 0 Å². The molecule has 1 amide bonds. The van der Waals surface area contributed by atoms with Crippen molar-refractivity contribution in [2.45, 2.75) is 26.9 Å². The van der Waals surface area contributed by atoms with Gasteiger partial charge in [-0.3, -0.25) is 9.48 Å². The van der Waals surface area contributed by atoms with Crippen molar-refractivity contribution in [1.29, 1.82) is 0 Å². The zero-order valence-electron chi connectivity index (χ0n) is 17.7. The summed E-state index contributed by atoms with van der Waals surface area (Å²) >= 11 is 0. The van der Waals surface area contributed by atoms with Crippen molar-refractivity contribution in [3.63, 3.8) is 0 Å². The molecule has 0 fully saturated rings. The average Bonchev–Trinajstić information content (AvgIpc) is 3.03. The molecule has 8 heteroatoms. The van der Waals surface area contributed by atoms with Crippen LogP contribution in [0.25, 0.3) is 0 Å². The SMILES string of the molecule is COc1cccc(C(=O)OCC(=O)NCc2c(C)nn(Cc3ccccc3)c2C)c1O. The van der Waals surface area contributed by atoms with Crippen molar-refractivity contribution in [2.24, 2.45) is 0 Å². The minimum absolute atomic E-state index is 0.0685. The summed E-state index contributed by atoms with van der Waals surface area (Å²) in [4.78, 5) is 24.3. The number of phenolic OH excluding ortho intramolecular Hbond substituents is 1. The van der Waals surface area contributed by atoms with Crippen LogP contribution in [0.4, 0.5) is 0 Å². The van der Waals surface area contributed by atoms with Crippen LogP contribution in [0.1, 0.15) is 32.9 Å². The Bertz CT molecular complexity index is 1080. The van der Waals surface area contributed by atoms with E-state index in [2.05, 4.69) is 10.4 Å². The fourth-order valence-electron chi connectivity index (χ4n) is 3.20. The number of nitrogens with zero attached hydrogens (tertiary/aromatic N) is 2. The van der Waals surface area contributed by atoms with Crippen LogP contribution in [-0.4, -0.2) is 40.5 Å². The fraction of sp³-hybridized carbons (Fsp3) is 0.261. The molecular formula is C23H25N3O5. The van der Waals surface area contributed by atoms with Gasteiger partial charge >= 0.3 is 5.97 Å². The van der Waals surface area contributed by atoms with Crippen LogP contribution in [-0.2, 0) is 22.6 Å². The Morgan fingerprint density at radius 2 is 1.84 bits per heavy atom. The summed E-state index contributed by atoms with van der Waals surface area (Å²) in [5.74, 6) is -1.44. The minimum Gasteiger partial charge on any atom is -0.504 e. The van der Waals surface area contributed by atoms with Crippen LogP contribution in [0.15, 0.2) is 48.5 Å². The summed E-state index contributed by atoms with van der Waals surface area (Å²) in [6.07, 6.45) is 0. The van der Waals surface area contributed by atoms with E-state index in [0.717, 1.165) is 22.5 Å². The highest BCUT2D eigenvalue weighted by atomic mass is 16.5. The summed E-state index contributed by atoms with van der Waals surface area (Å²) < 4.78 is 11.9. The molecule has 0 unspecified atom stereocenters. The van der Waals surface area contributed by atoms with Crippen molar-refractivity contribution < 1.29 is 24.2 Å². The number of carbonyl (C=O) groups is 2. The number of esters is 1. The van der Waals surface area contributed by atoms with Gasteiger partial charge in [-0.2, -0.15) is 5.10 Å². The molecule has 0 radical (unpaired) electrons. The highest BCUT2D eigenvalue weighted by Gasteiger charge is 2.18. The van der Waals surface area contributed by atoms with E-state index in [1.807, 2.05) is 48.9 Å². The zero-order chi connectivity index (χ0) is 22.4. The van der Waals surface area contributed by atoms with Crippen molar-refractivity contribution in [3.8, 4) is 11.5 Å². The molecular weight excluding hydrogens is 398 g/mol. The summed E-state index contributed by atoms with van der Waals surface area (Å²) in [5.41, 5.74) is 3.77. The molecule has 3 aromatic rings. The number of amides is 1. The molecule has 0 aliphatic heterocycles. The zero-order valence-corrected chi connectivity index (χ0v) is 17.7. The molecule has 3 rings (SSSR count). The van der Waals surface area contributed by atoms with Crippen LogP contribution in [0.5, 0.6) is 11.5 Å². The third-order valence-corrected chi connectivity index (χ3v) is 4.94. The molecule has 0 bridgehead atoms. The molecule has 0 aliphatic rings. The van der Waals surface area contributed by atoms with E-state index in [-0.39, 0.29) is 23.6 Å². The number of aromatic hydroxyl groups is 1. The largest absolute Gasteiger partial charge is 0.504 e. The van der Waals surface area contributed by atoms with Gasteiger partial charge in [-0.1, -0.05) is 36.4 Å². The second-order valence-corrected chi connectivity index (χ2v) is 7.00. The van der Waals surface area contributed by atoms with Gasteiger partial charge in [0.05, 0.1) is 19.3 Å².